The van der Waals surface area contributed by atoms with E-state index in [-0.39, 0.29) is 17.1 Å². The molecule has 1 aromatic carbocycles. The summed E-state index contributed by atoms with van der Waals surface area (Å²) >= 11 is 7.30. The molecular formula is C14H17ClN2O2S. The molecular weight excluding hydrogens is 296 g/mol. The fraction of sp³-hybridized carbons (Fsp3) is 0.429. The summed E-state index contributed by atoms with van der Waals surface area (Å²) in [6.07, 6.45) is 2.51. The molecule has 0 unspecified atom stereocenters. The van der Waals surface area contributed by atoms with Crippen molar-refractivity contribution in [2.75, 3.05) is 17.7 Å². The van der Waals surface area contributed by atoms with Crippen LogP contribution in [-0.2, 0) is 9.59 Å². The molecule has 0 saturated carbocycles. The number of hydrogen-bond acceptors (Lipinski definition) is 3. The molecule has 108 valence electrons. The zero-order valence-corrected chi connectivity index (χ0v) is 13.0. The standard InChI is InChI=1S/C14H17ClN2O2S/c1-9(20-2)13(18)16-12-7-8-17(14(12)19)11-5-3-10(15)4-6-11/h3-6,9,12H,7-8H2,1-2H3,(H,16,18)/t9-,12+/m1/s1. The molecule has 1 aliphatic heterocycles. The van der Waals surface area contributed by atoms with Crippen molar-refractivity contribution >= 4 is 40.9 Å². The van der Waals surface area contributed by atoms with Gasteiger partial charge in [-0.15, -0.1) is 0 Å². The van der Waals surface area contributed by atoms with Crippen LogP contribution in [0.1, 0.15) is 13.3 Å². The summed E-state index contributed by atoms with van der Waals surface area (Å²) < 4.78 is 0. The minimum Gasteiger partial charge on any atom is -0.343 e. The van der Waals surface area contributed by atoms with Crippen LogP contribution in [-0.4, -0.2) is 35.9 Å². The Morgan fingerprint density at radius 2 is 2.10 bits per heavy atom. The maximum absolute atomic E-state index is 12.3. The minimum absolute atomic E-state index is 0.0611. The van der Waals surface area contributed by atoms with Gasteiger partial charge in [0.1, 0.15) is 6.04 Å². The van der Waals surface area contributed by atoms with Crippen LogP contribution in [0.5, 0.6) is 0 Å². The molecule has 0 aliphatic carbocycles. The first-order valence-electron chi connectivity index (χ1n) is 6.43. The Balaban J connectivity index is 2.02. The molecule has 0 spiro atoms. The lowest BCUT2D eigenvalue weighted by molar-refractivity contribution is -0.125. The Labute approximate surface area is 127 Å². The van der Waals surface area contributed by atoms with Crippen molar-refractivity contribution < 1.29 is 9.59 Å². The average molecular weight is 313 g/mol. The summed E-state index contributed by atoms with van der Waals surface area (Å²) in [5.74, 6) is -0.150. The van der Waals surface area contributed by atoms with Gasteiger partial charge in [-0.25, -0.2) is 0 Å². The highest BCUT2D eigenvalue weighted by molar-refractivity contribution is 7.99. The summed E-state index contributed by atoms with van der Waals surface area (Å²) in [6, 6.07) is 6.72. The van der Waals surface area contributed by atoms with Crippen LogP contribution in [0, 0.1) is 0 Å². The molecule has 0 aromatic heterocycles. The first-order chi connectivity index (χ1) is 9.52. The van der Waals surface area contributed by atoms with Crippen molar-refractivity contribution in [1.29, 1.82) is 0 Å². The van der Waals surface area contributed by atoms with Crippen LogP contribution < -0.4 is 10.2 Å². The van der Waals surface area contributed by atoms with Gasteiger partial charge in [-0.1, -0.05) is 11.6 Å². The normalized spacial score (nSPS) is 20.1. The van der Waals surface area contributed by atoms with E-state index in [1.54, 1.807) is 17.0 Å². The van der Waals surface area contributed by atoms with Gasteiger partial charge >= 0.3 is 0 Å². The highest BCUT2D eigenvalue weighted by Crippen LogP contribution is 2.23. The van der Waals surface area contributed by atoms with Crippen molar-refractivity contribution in [3.63, 3.8) is 0 Å². The summed E-state index contributed by atoms with van der Waals surface area (Å²) in [6.45, 7) is 2.44. The van der Waals surface area contributed by atoms with Gasteiger partial charge in [0.05, 0.1) is 5.25 Å². The molecule has 2 amide bonds. The molecule has 20 heavy (non-hydrogen) atoms. The Bertz CT molecular complexity index is 506. The minimum atomic E-state index is -0.423. The lowest BCUT2D eigenvalue weighted by Gasteiger charge is -2.18. The smallest absolute Gasteiger partial charge is 0.249 e. The van der Waals surface area contributed by atoms with Crippen molar-refractivity contribution in [2.24, 2.45) is 0 Å². The lowest BCUT2D eigenvalue weighted by atomic mass is 10.2. The zero-order valence-electron chi connectivity index (χ0n) is 11.4. The number of anilines is 1. The number of carbonyl (C=O) groups excluding carboxylic acids is 2. The van der Waals surface area contributed by atoms with Gasteiger partial charge in [-0.2, -0.15) is 11.8 Å². The molecule has 1 fully saturated rings. The number of rotatable bonds is 4. The lowest BCUT2D eigenvalue weighted by Crippen LogP contribution is -2.44. The largest absolute Gasteiger partial charge is 0.343 e. The third-order valence-corrected chi connectivity index (χ3v) is 4.56. The number of carbonyl (C=O) groups is 2. The number of nitrogens with one attached hydrogen (secondary N) is 1. The van der Waals surface area contributed by atoms with Crippen LogP contribution in [0.3, 0.4) is 0 Å². The summed E-state index contributed by atoms with van der Waals surface area (Å²) in [5.41, 5.74) is 0.814. The number of benzene rings is 1. The van der Waals surface area contributed by atoms with Gasteiger partial charge in [0.25, 0.3) is 0 Å². The quantitative estimate of drug-likeness (QED) is 0.928. The maximum Gasteiger partial charge on any atom is 0.249 e. The fourth-order valence-electron chi connectivity index (χ4n) is 2.09. The predicted molar refractivity (Wildman–Crippen MR) is 83.3 cm³/mol. The van der Waals surface area contributed by atoms with Gasteiger partial charge in [-0.3, -0.25) is 9.59 Å². The fourth-order valence-corrected chi connectivity index (χ4v) is 2.50. The van der Waals surface area contributed by atoms with E-state index in [0.29, 0.717) is 18.0 Å². The van der Waals surface area contributed by atoms with E-state index in [0.717, 1.165) is 5.69 Å². The Morgan fingerprint density at radius 3 is 2.70 bits per heavy atom. The Morgan fingerprint density at radius 1 is 1.45 bits per heavy atom. The number of halogens is 1. The van der Waals surface area contributed by atoms with Gasteiger partial charge in [0.2, 0.25) is 11.8 Å². The Hall–Kier alpha value is -1.20. The molecule has 2 rings (SSSR count). The number of amides is 2. The first kappa shape index (κ1) is 15.2. The Kier molecular flexibility index (Phi) is 4.94. The second-order valence-electron chi connectivity index (χ2n) is 4.69. The van der Waals surface area contributed by atoms with Crippen molar-refractivity contribution in [3.8, 4) is 0 Å². The molecule has 4 nitrogen and oxygen atoms in total. The highest BCUT2D eigenvalue weighted by atomic mass is 35.5. The summed E-state index contributed by atoms with van der Waals surface area (Å²) in [5, 5.41) is 3.31. The molecule has 1 heterocycles. The predicted octanol–water partition coefficient (Wildman–Crippen LogP) is 2.31. The summed E-state index contributed by atoms with van der Waals surface area (Å²) in [4.78, 5) is 25.8. The van der Waals surface area contributed by atoms with Gasteiger partial charge in [0.15, 0.2) is 0 Å². The van der Waals surface area contributed by atoms with E-state index >= 15 is 0 Å². The molecule has 1 saturated heterocycles. The van der Waals surface area contributed by atoms with Crippen LogP contribution in [0.2, 0.25) is 5.02 Å². The molecule has 1 aromatic rings. The van der Waals surface area contributed by atoms with E-state index in [1.807, 2.05) is 25.3 Å². The highest BCUT2D eigenvalue weighted by Gasteiger charge is 2.34. The third-order valence-electron chi connectivity index (χ3n) is 3.38. The van der Waals surface area contributed by atoms with Crippen LogP contribution in [0.4, 0.5) is 5.69 Å². The SMILES string of the molecule is CS[C@H](C)C(=O)N[C@H]1CCN(c2ccc(Cl)cc2)C1=O. The molecule has 1 N–H and O–H groups in total. The van der Waals surface area contributed by atoms with Crippen molar-refractivity contribution in [3.05, 3.63) is 29.3 Å². The number of thioether (sulfide) groups is 1. The van der Waals surface area contributed by atoms with E-state index in [2.05, 4.69) is 5.32 Å². The third kappa shape index (κ3) is 3.27. The second-order valence-corrected chi connectivity index (χ2v) is 6.31. The second kappa shape index (κ2) is 6.50. The van der Waals surface area contributed by atoms with E-state index < -0.39 is 6.04 Å². The van der Waals surface area contributed by atoms with Gasteiger partial charge < -0.3 is 10.2 Å². The first-order valence-corrected chi connectivity index (χ1v) is 8.09. The maximum atomic E-state index is 12.3. The molecule has 0 bridgehead atoms. The van der Waals surface area contributed by atoms with Crippen LogP contribution in [0.25, 0.3) is 0 Å². The van der Waals surface area contributed by atoms with Crippen LogP contribution >= 0.6 is 23.4 Å². The van der Waals surface area contributed by atoms with Crippen molar-refractivity contribution in [2.45, 2.75) is 24.6 Å². The average Bonchev–Trinajstić information content (AvgIpc) is 2.80. The molecule has 6 heteroatoms. The van der Waals surface area contributed by atoms with E-state index in [1.165, 1.54) is 11.8 Å². The molecule has 2 atom stereocenters. The van der Waals surface area contributed by atoms with Gasteiger partial charge in [-0.05, 0) is 43.9 Å². The topological polar surface area (TPSA) is 49.4 Å². The van der Waals surface area contributed by atoms with Gasteiger partial charge in [0, 0.05) is 17.3 Å². The van der Waals surface area contributed by atoms with Crippen molar-refractivity contribution in [1.82, 2.24) is 5.32 Å². The number of nitrogens with zero attached hydrogens (tertiary/aromatic N) is 1. The van der Waals surface area contributed by atoms with E-state index in [4.69, 9.17) is 11.6 Å². The number of hydrogen-bond donors (Lipinski definition) is 1. The summed E-state index contributed by atoms with van der Waals surface area (Å²) in [7, 11) is 0. The molecule has 1 aliphatic rings. The molecule has 0 radical (unpaired) electrons. The van der Waals surface area contributed by atoms with Crippen LogP contribution in [0.15, 0.2) is 24.3 Å². The zero-order chi connectivity index (χ0) is 14.7. The van der Waals surface area contributed by atoms with E-state index in [9.17, 15) is 9.59 Å². The monoisotopic (exact) mass is 312 g/mol.